The summed E-state index contributed by atoms with van der Waals surface area (Å²) in [7, 11) is 0. The minimum absolute atomic E-state index is 0.0907. The highest BCUT2D eigenvalue weighted by molar-refractivity contribution is 6.30. The number of hydrogen-bond donors (Lipinski definition) is 1. The second-order valence-corrected chi connectivity index (χ2v) is 4.05. The fraction of sp³-hybridized carbons (Fsp3) is 0.364. The van der Waals surface area contributed by atoms with E-state index in [9.17, 15) is 9.18 Å². The van der Waals surface area contributed by atoms with Crippen molar-refractivity contribution < 1.29 is 13.9 Å². The van der Waals surface area contributed by atoms with Crippen LogP contribution in [-0.4, -0.2) is 18.6 Å². The average molecular weight is 244 g/mol. The Morgan fingerprint density at radius 2 is 2.38 bits per heavy atom. The number of carbonyl (C=O) groups excluding carboxylic acids is 1. The molecule has 1 N–H and O–H groups in total. The van der Waals surface area contributed by atoms with E-state index in [4.69, 9.17) is 16.3 Å². The number of amides is 1. The molecule has 1 aliphatic heterocycles. The number of halogens is 2. The zero-order chi connectivity index (χ0) is 11.5. The van der Waals surface area contributed by atoms with Crippen LogP contribution < -0.4 is 5.32 Å². The molecule has 1 atom stereocenters. The van der Waals surface area contributed by atoms with Gasteiger partial charge in [0.25, 0.3) is 5.91 Å². The predicted octanol–water partition coefficient (Wildman–Crippen LogP) is 2.60. The van der Waals surface area contributed by atoms with Crippen LogP contribution in [0, 0.1) is 5.82 Å². The SMILES string of the molecule is O=C(Nc1cc(Cl)ccc1F)C1CCCO1. The van der Waals surface area contributed by atoms with Crippen LogP contribution in [0.15, 0.2) is 18.2 Å². The highest BCUT2D eigenvalue weighted by Crippen LogP contribution is 2.21. The zero-order valence-corrected chi connectivity index (χ0v) is 9.26. The van der Waals surface area contributed by atoms with Gasteiger partial charge in [-0.1, -0.05) is 11.6 Å². The van der Waals surface area contributed by atoms with Crippen LogP contribution in [0.25, 0.3) is 0 Å². The molecule has 2 rings (SSSR count). The van der Waals surface area contributed by atoms with Crippen molar-refractivity contribution in [2.24, 2.45) is 0 Å². The maximum atomic E-state index is 13.3. The Bertz CT molecular complexity index is 405. The molecule has 1 amide bonds. The summed E-state index contributed by atoms with van der Waals surface area (Å²) in [6.45, 7) is 0.579. The number of hydrogen-bond acceptors (Lipinski definition) is 2. The average Bonchev–Trinajstić information content (AvgIpc) is 2.76. The van der Waals surface area contributed by atoms with Crippen LogP contribution in [0.4, 0.5) is 10.1 Å². The summed E-state index contributed by atoms with van der Waals surface area (Å²) in [6.07, 6.45) is 1.06. The van der Waals surface area contributed by atoms with E-state index in [0.717, 1.165) is 6.42 Å². The van der Waals surface area contributed by atoms with Gasteiger partial charge in [0.2, 0.25) is 0 Å². The minimum atomic E-state index is -0.504. The predicted molar refractivity (Wildman–Crippen MR) is 59.0 cm³/mol. The summed E-state index contributed by atoms with van der Waals surface area (Å²) >= 11 is 5.71. The molecule has 1 unspecified atom stereocenters. The third kappa shape index (κ3) is 2.51. The highest BCUT2D eigenvalue weighted by Gasteiger charge is 2.24. The van der Waals surface area contributed by atoms with Gasteiger partial charge >= 0.3 is 0 Å². The maximum Gasteiger partial charge on any atom is 0.253 e. The molecule has 1 saturated heterocycles. The molecule has 3 nitrogen and oxygen atoms in total. The maximum absolute atomic E-state index is 13.3. The summed E-state index contributed by atoms with van der Waals surface area (Å²) in [5.74, 6) is -0.825. The van der Waals surface area contributed by atoms with Crippen LogP contribution in [0.5, 0.6) is 0 Å². The standard InChI is InChI=1S/C11H11ClFNO2/c12-7-3-4-8(13)9(6-7)14-11(15)10-2-1-5-16-10/h3-4,6,10H,1-2,5H2,(H,14,15). The first-order valence-electron chi connectivity index (χ1n) is 5.04. The quantitative estimate of drug-likeness (QED) is 0.867. The first kappa shape index (κ1) is 11.4. The van der Waals surface area contributed by atoms with E-state index >= 15 is 0 Å². The van der Waals surface area contributed by atoms with Gasteiger partial charge in [0, 0.05) is 11.6 Å². The number of ether oxygens (including phenoxy) is 1. The lowest BCUT2D eigenvalue weighted by Crippen LogP contribution is -2.27. The lowest BCUT2D eigenvalue weighted by atomic mass is 10.2. The van der Waals surface area contributed by atoms with Crippen LogP contribution in [0.1, 0.15) is 12.8 Å². The lowest BCUT2D eigenvalue weighted by Gasteiger charge is -2.11. The number of carbonyl (C=O) groups is 1. The van der Waals surface area contributed by atoms with Gasteiger partial charge in [-0.2, -0.15) is 0 Å². The Kier molecular flexibility index (Phi) is 3.41. The van der Waals surface area contributed by atoms with E-state index in [1.54, 1.807) is 0 Å². The van der Waals surface area contributed by atoms with Gasteiger partial charge in [-0.15, -0.1) is 0 Å². The first-order valence-corrected chi connectivity index (χ1v) is 5.42. The van der Waals surface area contributed by atoms with Crippen LogP contribution in [0.2, 0.25) is 5.02 Å². The van der Waals surface area contributed by atoms with Gasteiger partial charge in [-0.05, 0) is 31.0 Å². The van der Waals surface area contributed by atoms with Crippen molar-refractivity contribution in [3.05, 3.63) is 29.0 Å². The van der Waals surface area contributed by atoms with Crippen molar-refractivity contribution in [2.45, 2.75) is 18.9 Å². The molecule has 0 saturated carbocycles. The van der Waals surface area contributed by atoms with E-state index in [1.807, 2.05) is 0 Å². The third-order valence-corrected chi connectivity index (χ3v) is 2.64. The Balaban J connectivity index is 2.07. The molecular formula is C11H11ClFNO2. The van der Waals surface area contributed by atoms with E-state index in [0.29, 0.717) is 18.1 Å². The number of rotatable bonds is 2. The Labute approximate surface area is 97.5 Å². The molecule has 0 spiro atoms. The van der Waals surface area contributed by atoms with Crippen LogP contribution >= 0.6 is 11.6 Å². The van der Waals surface area contributed by atoms with Gasteiger partial charge in [0.05, 0.1) is 5.69 Å². The van der Waals surface area contributed by atoms with E-state index in [1.165, 1.54) is 18.2 Å². The van der Waals surface area contributed by atoms with Crippen molar-refractivity contribution >= 4 is 23.2 Å². The molecule has 0 aliphatic carbocycles. The van der Waals surface area contributed by atoms with Crippen molar-refractivity contribution in [3.8, 4) is 0 Å². The zero-order valence-electron chi connectivity index (χ0n) is 8.50. The lowest BCUT2D eigenvalue weighted by molar-refractivity contribution is -0.124. The van der Waals surface area contributed by atoms with Crippen LogP contribution in [-0.2, 0) is 9.53 Å². The molecule has 1 aromatic carbocycles. The fourth-order valence-corrected chi connectivity index (χ4v) is 1.76. The second-order valence-electron chi connectivity index (χ2n) is 3.62. The first-order chi connectivity index (χ1) is 7.66. The summed E-state index contributed by atoms with van der Waals surface area (Å²) in [5.41, 5.74) is 0.0907. The molecule has 1 fully saturated rings. The third-order valence-electron chi connectivity index (χ3n) is 2.41. The molecule has 0 radical (unpaired) electrons. The molecule has 0 aromatic heterocycles. The number of anilines is 1. The normalized spacial score (nSPS) is 19.8. The Morgan fingerprint density at radius 1 is 1.56 bits per heavy atom. The van der Waals surface area contributed by atoms with Gasteiger partial charge in [-0.25, -0.2) is 4.39 Å². The number of nitrogens with one attached hydrogen (secondary N) is 1. The minimum Gasteiger partial charge on any atom is -0.368 e. The van der Waals surface area contributed by atoms with Crippen molar-refractivity contribution in [1.82, 2.24) is 0 Å². The second kappa shape index (κ2) is 4.80. The highest BCUT2D eigenvalue weighted by atomic mass is 35.5. The molecule has 16 heavy (non-hydrogen) atoms. The molecule has 1 heterocycles. The van der Waals surface area contributed by atoms with Crippen molar-refractivity contribution in [1.29, 1.82) is 0 Å². The van der Waals surface area contributed by atoms with Gasteiger partial charge in [0.15, 0.2) is 0 Å². The van der Waals surface area contributed by atoms with Gasteiger partial charge < -0.3 is 10.1 Å². The van der Waals surface area contributed by atoms with Gasteiger partial charge in [-0.3, -0.25) is 4.79 Å². The smallest absolute Gasteiger partial charge is 0.253 e. The summed E-state index contributed by atoms with van der Waals surface area (Å²) < 4.78 is 18.5. The molecular weight excluding hydrogens is 233 g/mol. The molecule has 0 bridgehead atoms. The Hall–Kier alpha value is -1.13. The fourth-order valence-electron chi connectivity index (χ4n) is 1.59. The Morgan fingerprint density at radius 3 is 3.06 bits per heavy atom. The van der Waals surface area contributed by atoms with Gasteiger partial charge in [0.1, 0.15) is 11.9 Å². The van der Waals surface area contributed by atoms with E-state index in [-0.39, 0.29) is 11.6 Å². The monoisotopic (exact) mass is 243 g/mol. The van der Waals surface area contributed by atoms with Crippen molar-refractivity contribution in [3.63, 3.8) is 0 Å². The molecule has 1 aliphatic rings. The number of benzene rings is 1. The van der Waals surface area contributed by atoms with Crippen LogP contribution in [0.3, 0.4) is 0 Å². The van der Waals surface area contributed by atoms with Crippen molar-refractivity contribution in [2.75, 3.05) is 11.9 Å². The summed E-state index contributed by atoms with van der Waals surface area (Å²) in [6, 6.07) is 4.02. The topological polar surface area (TPSA) is 38.3 Å². The summed E-state index contributed by atoms with van der Waals surface area (Å²) in [5, 5.41) is 2.85. The molecule has 1 aromatic rings. The van der Waals surface area contributed by atoms with E-state index < -0.39 is 11.9 Å². The van der Waals surface area contributed by atoms with E-state index in [2.05, 4.69) is 5.32 Å². The molecule has 5 heteroatoms. The largest absolute Gasteiger partial charge is 0.368 e. The summed E-state index contributed by atoms with van der Waals surface area (Å²) in [4.78, 5) is 11.6. The molecule has 86 valence electrons.